The highest BCUT2D eigenvalue weighted by molar-refractivity contribution is 5.72. The van der Waals surface area contributed by atoms with Crippen LogP contribution in [-0.4, -0.2) is 15.2 Å². The van der Waals surface area contributed by atoms with Gasteiger partial charge in [-0.05, 0) is 12.1 Å². The number of hydrogen-bond donors (Lipinski definition) is 1. The summed E-state index contributed by atoms with van der Waals surface area (Å²) in [6.45, 7) is 0. The van der Waals surface area contributed by atoms with Gasteiger partial charge < -0.3 is 0 Å². The Morgan fingerprint density at radius 3 is 3.10 bits per heavy atom. The highest BCUT2D eigenvalue weighted by Crippen LogP contribution is 2.02. The number of aromatic nitrogens is 3. The number of H-pyrrole nitrogens is 1. The lowest BCUT2D eigenvalue weighted by molar-refractivity contribution is 1.11. The zero-order valence-electron chi connectivity index (χ0n) is 5.11. The quantitative estimate of drug-likeness (QED) is 0.594. The van der Waals surface area contributed by atoms with Gasteiger partial charge in [0.05, 0.1) is 11.7 Å². The number of halogens is 1. The lowest BCUT2D eigenvalue weighted by atomic mass is 10.4. The van der Waals surface area contributed by atoms with Gasteiger partial charge in [-0.25, -0.2) is 0 Å². The van der Waals surface area contributed by atoms with Gasteiger partial charge in [0.15, 0.2) is 0 Å². The molecule has 0 spiro atoms. The number of aromatic amines is 1. The van der Waals surface area contributed by atoms with Crippen LogP contribution < -0.4 is 0 Å². The Morgan fingerprint density at radius 1 is 1.40 bits per heavy atom. The van der Waals surface area contributed by atoms with Crippen LogP contribution in [0.2, 0.25) is 0 Å². The van der Waals surface area contributed by atoms with Gasteiger partial charge in [0, 0.05) is 6.20 Å². The third-order valence-electron chi connectivity index (χ3n) is 1.21. The van der Waals surface area contributed by atoms with Crippen molar-refractivity contribution >= 4 is 11.0 Å². The highest BCUT2D eigenvalue weighted by Gasteiger charge is 1.89. The molecule has 10 heavy (non-hydrogen) atoms. The van der Waals surface area contributed by atoms with Gasteiger partial charge in [0.1, 0.15) is 5.52 Å². The summed E-state index contributed by atoms with van der Waals surface area (Å²) in [6, 6.07) is 3.82. The van der Waals surface area contributed by atoms with Crippen LogP contribution in [0.25, 0.3) is 11.0 Å². The van der Waals surface area contributed by atoms with Gasteiger partial charge in [0.25, 0.3) is 0 Å². The molecule has 0 bridgehead atoms. The summed E-state index contributed by atoms with van der Waals surface area (Å²) < 4.78 is 0. The van der Waals surface area contributed by atoms with E-state index in [2.05, 4.69) is 15.2 Å². The Hall–Kier alpha value is -1.45. The van der Waals surface area contributed by atoms with Crippen LogP contribution >= 0.6 is 0 Å². The maximum absolute atomic E-state index is 4.05. The fourth-order valence-electron chi connectivity index (χ4n) is 0.778. The average molecular weight is 139 g/mol. The molecule has 0 amide bonds. The molecule has 0 aliphatic carbocycles. The van der Waals surface area contributed by atoms with Gasteiger partial charge in [-0.3, -0.25) is 14.8 Å². The van der Waals surface area contributed by atoms with E-state index in [9.17, 15) is 0 Å². The average Bonchev–Trinajstić information content (AvgIpc) is 2.33. The van der Waals surface area contributed by atoms with E-state index in [1.807, 2.05) is 12.1 Å². The van der Waals surface area contributed by atoms with E-state index in [0.29, 0.717) is 0 Å². The second-order valence-corrected chi connectivity index (χ2v) is 1.81. The van der Waals surface area contributed by atoms with E-state index < -0.39 is 0 Å². The molecule has 2 aromatic rings. The second-order valence-electron chi connectivity index (χ2n) is 1.81. The second kappa shape index (κ2) is 2.43. The van der Waals surface area contributed by atoms with E-state index >= 15 is 0 Å². The number of hydrogen-bond acceptors (Lipinski definition) is 2. The monoisotopic (exact) mass is 139 g/mol. The number of nitrogens with zero attached hydrogens (tertiary/aromatic N) is 2. The van der Waals surface area contributed by atoms with Crippen LogP contribution in [0.15, 0.2) is 24.5 Å². The SMILES string of the molecule is F.c1cnc2cn[nH]c2c1. The molecule has 2 heterocycles. The van der Waals surface area contributed by atoms with Crippen LogP contribution in [0.5, 0.6) is 0 Å². The smallest absolute Gasteiger partial charge is 0.108 e. The Kier molecular flexibility index (Phi) is 1.62. The van der Waals surface area contributed by atoms with Crippen molar-refractivity contribution in [3.05, 3.63) is 24.5 Å². The molecular formula is C6H6FN3. The van der Waals surface area contributed by atoms with E-state index in [0.717, 1.165) is 11.0 Å². The number of nitrogens with one attached hydrogen (secondary N) is 1. The third-order valence-corrected chi connectivity index (χ3v) is 1.21. The van der Waals surface area contributed by atoms with Crippen molar-refractivity contribution in [2.24, 2.45) is 0 Å². The zero-order chi connectivity index (χ0) is 6.10. The van der Waals surface area contributed by atoms with Crippen molar-refractivity contribution in [2.75, 3.05) is 0 Å². The van der Waals surface area contributed by atoms with Gasteiger partial charge in [0.2, 0.25) is 0 Å². The summed E-state index contributed by atoms with van der Waals surface area (Å²) in [5, 5.41) is 6.62. The molecule has 0 fully saturated rings. The summed E-state index contributed by atoms with van der Waals surface area (Å²) in [5.74, 6) is 0. The molecule has 2 aromatic heterocycles. The van der Waals surface area contributed by atoms with E-state index in [1.54, 1.807) is 12.4 Å². The predicted octanol–water partition coefficient (Wildman–Crippen LogP) is 1.11. The molecule has 0 atom stereocenters. The summed E-state index contributed by atoms with van der Waals surface area (Å²) in [7, 11) is 0. The van der Waals surface area contributed by atoms with E-state index in [-0.39, 0.29) is 4.70 Å². The molecule has 0 saturated heterocycles. The van der Waals surface area contributed by atoms with Crippen molar-refractivity contribution in [2.45, 2.75) is 0 Å². The van der Waals surface area contributed by atoms with E-state index in [4.69, 9.17) is 0 Å². The molecule has 52 valence electrons. The van der Waals surface area contributed by atoms with Gasteiger partial charge in [-0.2, -0.15) is 5.10 Å². The molecule has 0 aliphatic rings. The molecule has 3 nitrogen and oxygen atoms in total. The minimum atomic E-state index is 0. The fourth-order valence-corrected chi connectivity index (χ4v) is 0.778. The Labute approximate surface area is 56.5 Å². The highest BCUT2D eigenvalue weighted by atomic mass is 19.0. The molecule has 0 radical (unpaired) electrons. The molecule has 4 heteroatoms. The maximum Gasteiger partial charge on any atom is 0.108 e. The molecule has 0 aromatic carbocycles. The number of rotatable bonds is 0. The molecule has 2 rings (SSSR count). The van der Waals surface area contributed by atoms with Crippen LogP contribution in [-0.2, 0) is 0 Å². The van der Waals surface area contributed by atoms with Gasteiger partial charge in [-0.1, -0.05) is 0 Å². The van der Waals surface area contributed by atoms with Crippen LogP contribution in [0.3, 0.4) is 0 Å². The molecule has 0 saturated carbocycles. The summed E-state index contributed by atoms with van der Waals surface area (Å²) in [6.07, 6.45) is 3.45. The first-order valence-corrected chi connectivity index (χ1v) is 2.71. The lowest BCUT2D eigenvalue weighted by Crippen LogP contribution is -1.69. The summed E-state index contributed by atoms with van der Waals surface area (Å²) in [5.41, 5.74) is 1.90. The van der Waals surface area contributed by atoms with Crippen LogP contribution in [0.1, 0.15) is 0 Å². The Bertz CT molecular complexity index is 287. The van der Waals surface area contributed by atoms with Crippen LogP contribution in [0.4, 0.5) is 4.70 Å². The first kappa shape index (κ1) is 6.67. The van der Waals surface area contributed by atoms with Crippen LogP contribution in [0, 0.1) is 0 Å². The topological polar surface area (TPSA) is 41.6 Å². The summed E-state index contributed by atoms with van der Waals surface area (Å²) in [4.78, 5) is 4.05. The van der Waals surface area contributed by atoms with Crippen molar-refractivity contribution in [1.82, 2.24) is 15.2 Å². The maximum atomic E-state index is 4.05. The predicted molar refractivity (Wildman–Crippen MR) is 36.4 cm³/mol. The largest absolute Gasteiger partial charge is 0.276 e. The number of pyridine rings is 1. The Balaban J connectivity index is 0.000000500. The van der Waals surface area contributed by atoms with Crippen molar-refractivity contribution in [3.63, 3.8) is 0 Å². The standard InChI is InChI=1S/C6H5N3.FH/c1-2-5-6(7-3-1)4-8-9-5;/h1-4H,(H,8,9);1H. The molecule has 1 N–H and O–H groups in total. The van der Waals surface area contributed by atoms with Gasteiger partial charge in [-0.15, -0.1) is 0 Å². The van der Waals surface area contributed by atoms with Crippen molar-refractivity contribution in [1.29, 1.82) is 0 Å². The van der Waals surface area contributed by atoms with Crippen molar-refractivity contribution < 1.29 is 4.70 Å². The first-order valence-electron chi connectivity index (χ1n) is 2.71. The zero-order valence-corrected chi connectivity index (χ0v) is 5.11. The number of fused-ring (bicyclic) bond motifs is 1. The lowest BCUT2D eigenvalue weighted by Gasteiger charge is -1.80. The molecule has 0 unspecified atom stereocenters. The van der Waals surface area contributed by atoms with Gasteiger partial charge >= 0.3 is 0 Å². The first-order chi connectivity index (χ1) is 4.47. The normalized spacial score (nSPS) is 9.20. The minimum absolute atomic E-state index is 0. The van der Waals surface area contributed by atoms with Crippen molar-refractivity contribution in [3.8, 4) is 0 Å². The minimum Gasteiger partial charge on any atom is -0.276 e. The third kappa shape index (κ3) is 0.834. The van der Waals surface area contributed by atoms with E-state index in [1.165, 1.54) is 0 Å². The summed E-state index contributed by atoms with van der Waals surface area (Å²) >= 11 is 0. The molecular weight excluding hydrogens is 133 g/mol. The Morgan fingerprint density at radius 2 is 2.30 bits per heavy atom. The fraction of sp³-hybridized carbons (Fsp3) is 0. The molecule has 0 aliphatic heterocycles.